The molecule has 2 heteroatoms. The molecule has 2 nitrogen and oxygen atoms in total. The molecule has 2 bridgehead atoms. The first-order valence-corrected chi connectivity index (χ1v) is 8.79. The molecule has 0 amide bonds. The maximum Gasteiger partial charge on any atom is 0.159 e. The highest BCUT2D eigenvalue weighted by Gasteiger charge is 2.69. The lowest BCUT2D eigenvalue weighted by atomic mass is 9.70. The van der Waals surface area contributed by atoms with Gasteiger partial charge in [-0.1, -0.05) is 51.1 Å². The van der Waals surface area contributed by atoms with Crippen molar-refractivity contribution in [2.75, 3.05) is 0 Å². The third kappa shape index (κ3) is 1.86. The van der Waals surface area contributed by atoms with Crippen molar-refractivity contribution in [3.63, 3.8) is 0 Å². The van der Waals surface area contributed by atoms with E-state index in [1.54, 1.807) is 0 Å². The summed E-state index contributed by atoms with van der Waals surface area (Å²) in [7, 11) is 0. The smallest absolute Gasteiger partial charge is 0.159 e. The lowest BCUT2D eigenvalue weighted by Gasteiger charge is -2.38. The van der Waals surface area contributed by atoms with Crippen molar-refractivity contribution >= 4 is 0 Å². The van der Waals surface area contributed by atoms with Gasteiger partial charge in [-0.3, -0.25) is 0 Å². The second-order valence-electron chi connectivity index (χ2n) is 8.36. The molecule has 2 aliphatic carbocycles. The van der Waals surface area contributed by atoms with Gasteiger partial charge in [-0.2, -0.15) is 0 Å². The average molecular weight is 300 g/mol. The van der Waals surface area contributed by atoms with Gasteiger partial charge in [0.05, 0.1) is 12.2 Å². The Balaban J connectivity index is 1.47. The average Bonchev–Trinajstić information content (AvgIpc) is 3.05. The summed E-state index contributed by atoms with van der Waals surface area (Å²) in [6.45, 7) is 9.48. The first-order valence-electron chi connectivity index (χ1n) is 8.79. The Labute approximate surface area is 134 Å². The summed E-state index contributed by atoms with van der Waals surface area (Å²) in [4.78, 5) is 0. The summed E-state index contributed by atoms with van der Waals surface area (Å²) < 4.78 is 12.7. The van der Waals surface area contributed by atoms with Crippen molar-refractivity contribution in [1.29, 1.82) is 0 Å². The molecule has 120 valence electrons. The molecule has 0 radical (unpaired) electrons. The van der Waals surface area contributed by atoms with E-state index >= 15 is 0 Å². The van der Waals surface area contributed by atoms with Crippen LogP contribution in [0.1, 0.15) is 58.6 Å². The lowest BCUT2D eigenvalue weighted by Crippen LogP contribution is -2.38. The normalized spacial score (nSPS) is 43.3. The molecule has 1 aromatic carbocycles. The Kier molecular flexibility index (Phi) is 3.22. The molecule has 1 saturated heterocycles. The van der Waals surface area contributed by atoms with Gasteiger partial charge < -0.3 is 9.47 Å². The zero-order valence-corrected chi connectivity index (χ0v) is 14.2. The Morgan fingerprint density at radius 1 is 1.18 bits per heavy atom. The van der Waals surface area contributed by atoms with Crippen LogP contribution in [-0.2, 0) is 9.47 Å². The fraction of sp³-hybridized carbons (Fsp3) is 0.700. The maximum absolute atomic E-state index is 6.43. The molecule has 0 N–H and O–H groups in total. The predicted molar refractivity (Wildman–Crippen MR) is 87.3 cm³/mol. The number of fused-ring (bicyclic) bond motifs is 5. The summed E-state index contributed by atoms with van der Waals surface area (Å²) in [5, 5.41) is 0. The summed E-state index contributed by atoms with van der Waals surface area (Å²) in [6.07, 6.45) is 4.23. The van der Waals surface area contributed by atoms with E-state index in [9.17, 15) is 0 Å². The quantitative estimate of drug-likeness (QED) is 0.786. The monoisotopic (exact) mass is 300 g/mol. The topological polar surface area (TPSA) is 18.5 Å². The summed E-state index contributed by atoms with van der Waals surface area (Å²) in [6, 6.07) is 10.5. The van der Waals surface area contributed by atoms with Crippen LogP contribution in [0.2, 0.25) is 0 Å². The zero-order valence-electron chi connectivity index (χ0n) is 14.2. The summed E-state index contributed by atoms with van der Waals surface area (Å²) >= 11 is 0. The molecule has 2 saturated carbocycles. The molecule has 3 aliphatic rings. The van der Waals surface area contributed by atoms with E-state index in [4.69, 9.17) is 9.47 Å². The standard InChI is InChI=1S/C20H28O2/c1-13(14-8-6-5-7-9-14)21-17-12-15-16-10-11-20(4,18(15)22-17)19(16,2)3/h5-9,13,15-18H,10-12H2,1-4H3/t13-,15-,16+,17-,18-,20-/m0/s1. The van der Waals surface area contributed by atoms with Crippen LogP contribution in [0.25, 0.3) is 0 Å². The highest BCUT2D eigenvalue weighted by Crippen LogP contribution is 2.71. The summed E-state index contributed by atoms with van der Waals surface area (Å²) in [5.74, 6) is 1.50. The largest absolute Gasteiger partial charge is 0.349 e. The predicted octanol–water partition coefficient (Wildman–Crippen LogP) is 4.95. The molecule has 1 aliphatic heterocycles. The van der Waals surface area contributed by atoms with E-state index in [1.807, 2.05) is 6.07 Å². The van der Waals surface area contributed by atoms with E-state index in [2.05, 4.69) is 52.0 Å². The number of ether oxygens (including phenoxy) is 2. The van der Waals surface area contributed by atoms with Crippen LogP contribution < -0.4 is 0 Å². The zero-order chi connectivity index (χ0) is 15.5. The van der Waals surface area contributed by atoms with Crippen molar-refractivity contribution in [3.05, 3.63) is 35.9 Å². The summed E-state index contributed by atoms with van der Waals surface area (Å²) in [5.41, 5.74) is 1.98. The molecule has 6 atom stereocenters. The van der Waals surface area contributed by atoms with Crippen LogP contribution >= 0.6 is 0 Å². The highest BCUT2D eigenvalue weighted by molar-refractivity contribution is 5.18. The van der Waals surface area contributed by atoms with E-state index in [0.29, 0.717) is 22.9 Å². The molecule has 3 fully saturated rings. The van der Waals surface area contributed by atoms with Crippen LogP contribution in [0.5, 0.6) is 0 Å². The first kappa shape index (κ1) is 14.7. The van der Waals surface area contributed by atoms with Crippen molar-refractivity contribution in [2.24, 2.45) is 22.7 Å². The third-order valence-electron chi connectivity index (χ3n) is 7.30. The molecule has 0 spiro atoms. The van der Waals surface area contributed by atoms with Gasteiger partial charge in [-0.15, -0.1) is 0 Å². The van der Waals surface area contributed by atoms with E-state index in [-0.39, 0.29) is 12.4 Å². The Bertz CT molecular complexity index is 552. The van der Waals surface area contributed by atoms with Gasteiger partial charge in [0, 0.05) is 6.42 Å². The van der Waals surface area contributed by atoms with Crippen molar-refractivity contribution in [1.82, 2.24) is 0 Å². The Hall–Kier alpha value is -0.860. The molecular formula is C20H28O2. The number of hydrogen-bond donors (Lipinski definition) is 0. The fourth-order valence-corrected chi connectivity index (χ4v) is 5.60. The second kappa shape index (κ2) is 4.82. The van der Waals surface area contributed by atoms with Gasteiger partial charge in [-0.05, 0) is 48.0 Å². The molecule has 1 aromatic rings. The third-order valence-corrected chi connectivity index (χ3v) is 7.30. The van der Waals surface area contributed by atoms with Crippen LogP contribution in [-0.4, -0.2) is 12.4 Å². The molecule has 22 heavy (non-hydrogen) atoms. The Morgan fingerprint density at radius 2 is 1.91 bits per heavy atom. The maximum atomic E-state index is 6.43. The molecule has 1 heterocycles. The number of benzene rings is 1. The van der Waals surface area contributed by atoms with Gasteiger partial charge in [-0.25, -0.2) is 0 Å². The number of hydrogen-bond acceptors (Lipinski definition) is 2. The van der Waals surface area contributed by atoms with Crippen molar-refractivity contribution in [3.8, 4) is 0 Å². The minimum absolute atomic E-state index is 0.0266. The van der Waals surface area contributed by atoms with Gasteiger partial charge in [0.1, 0.15) is 0 Å². The van der Waals surface area contributed by atoms with Gasteiger partial charge >= 0.3 is 0 Å². The molecule has 0 unspecified atom stereocenters. The van der Waals surface area contributed by atoms with Crippen LogP contribution in [0, 0.1) is 22.7 Å². The minimum Gasteiger partial charge on any atom is -0.349 e. The second-order valence-corrected chi connectivity index (χ2v) is 8.36. The molecular weight excluding hydrogens is 272 g/mol. The van der Waals surface area contributed by atoms with E-state index in [1.165, 1.54) is 18.4 Å². The highest BCUT2D eigenvalue weighted by atomic mass is 16.7. The van der Waals surface area contributed by atoms with Gasteiger partial charge in [0.2, 0.25) is 0 Å². The van der Waals surface area contributed by atoms with E-state index < -0.39 is 0 Å². The van der Waals surface area contributed by atoms with Gasteiger partial charge in [0.25, 0.3) is 0 Å². The lowest BCUT2D eigenvalue weighted by molar-refractivity contribution is -0.184. The molecule has 0 aromatic heterocycles. The molecule has 4 rings (SSSR count). The van der Waals surface area contributed by atoms with Crippen LogP contribution in [0.3, 0.4) is 0 Å². The number of rotatable bonds is 3. The van der Waals surface area contributed by atoms with Crippen LogP contribution in [0.4, 0.5) is 0 Å². The van der Waals surface area contributed by atoms with Crippen LogP contribution in [0.15, 0.2) is 30.3 Å². The fourth-order valence-electron chi connectivity index (χ4n) is 5.60. The van der Waals surface area contributed by atoms with Crippen molar-refractivity contribution < 1.29 is 9.47 Å². The Morgan fingerprint density at radius 3 is 2.59 bits per heavy atom. The minimum atomic E-state index is -0.0266. The van der Waals surface area contributed by atoms with Gasteiger partial charge in [0.15, 0.2) is 6.29 Å². The van der Waals surface area contributed by atoms with E-state index in [0.717, 1.165) is 12.3 Å². The van der Waals surface area contributed by atoms with Crippen molar-refractivity contribution in [2.45, 2.75) is 65.5 Å². The SMILES string of the molecule is C[C@H](O[C@@H]1C[C@H]2[C@H]3CC[C@@](C)([C@H]2O1)C3(C)C)c1ccccc1. The first-order chi connectivity index (χ1) is 10.4.